The number of amides is 1. The summed E-state index contributed by atoms with van der Waals surface area (Å²) in [6, 6.07) is 5.65. The van der Waals surface area contributed by atoms with Gasteiger partial charge in [-0.25, -0.2) is 4.98 Å². The molecule has 0 bridgehead atoms. The van der Waals surface area contributed by atoms with Gasteiger partial charge in [-0.15, -0.1) is 0 Å². The lowest BCUT2D eigenvalue weighted by Crippen LogP contribution is -2.24. The zero-order chi connectivity index (χ0) is 15.7. The highest BCUT2D eigenvalue weighted by Gasteiger charge is 2.19. The van der Waals surface area contributed by atoms with E-state index in [9.17, 15) is 9.90 Å². The summed E-state index contributed by atoms with van der Waals surface area (Å²) >= 11 is 0. The van der Waals surface area contributed by atoms with Crippen LogP contribution in [0.25, 0.3) is 11.1 Å². The Kier molecular flexibility index (Phi) is 3.64. The number of oxazole rings is 1. The standard InChI is InChI=1S/C15H15N3O4/c1-8-4-3-5-11-13(8)17-12(21-11)6-16-15(20)14-10(7-19)9(2)22-18-14/h3-5,19H,6-7H2,1-2H3,(H,16,20). The molecule has 0 aliphatic carbocycles. The van der Waals surface area contributed by atoms with E-state index in [1.807, 2.05) is 25.1 Å². The highest BCUT2D eigenvalue weighted by Crippen LogP contribution is 2.19. The predicted octanol–water partition coefficient (Wildman–Crippen LogP) is 1.85. The van der Waals surface area contributed by atoms with E-state index in [2.05, 4.69) is 15.5 Å². The van der Waals surface area contributed by atoms with Crippen LogP contribution in [0.5, 0.6) is 0 Å². The van der Waals surface area contributed by atoms with Crippen LogP contribution in [0.3, 0.4) is 0 Å². The van der Waals surface area contributed by atoms with Gasteiger partial charge in [0.1, 0.15) is 11.3 Å². The van der Waals surface area contributed by atoms with Crippen molar-refractivity contribution >= 4 is 17.0 Å². The third kappa shape index (κ3) is 2.46. The third-order valence-electron chi connectivity index (χ3n) is 3.42. The van der Waals surface area contributed by atoms with E-state index in [4.69, 9.17) is 8.94 Å². The molecule has 0 aliphatic heterocycles. The lowest BCUT2D eigenvalue weighted by Gasteiger charge is -2.00. The molecule has 0 atom stereocenters. The van der Waals surface area contributed by atoms with Gasteiger partial charge in [-0.3, -0.25) is 4.79 Å². The highest BCUT2D eigenvalue weighted by atomic mass is 16.5. The minimum atomic E-state index is -0.445. The van der Waals surface area contributed by atoms with Gasteiger partial charge in [0.2, 0.25) is 5.89 Å². The van der Waals surface area contributed by atoms with Crippen LogP contribution in [0.2, 0.25) is 0 Å². The molecular formula is C15H15N3O4. The van der Waals surface area contributed by atoms with Gasteiger partial charge >= 0.3 is 0 Å². The number of benzene rings is 1. The fourth-order valence-corrected chi connectivity index (χ4v) is 2.20. The number of carbonyl (C=O) groups is 1. The Hall–Kier alpha value is -2.67. The number of hydrogen-bond acceptors (Lipinski definition) is 6. The first-order valence-corrected chi connectivity index (χ1v) is 6.79. The second-order valence-corrected chi connectivity index (χ2v) is 4.94. The quantitative estimate of drug-likeness (QED) is 0.762. The number of carbonyl (C=O) groups excluding carboxylic acids is 1. The number of rotatable bonds is 4. The molecular weight excluding hydrogens is 286 g/mol. The summed E-state index contributed by atoms with van der Waals surface area (Å²) in [5, 5.41) is 15.5. The minimum Gasteiger partial charge on any atom is -0.439 e. The number of hydrogen-bond donors (Lipinski definition) is 2. The summed E-state index contributed by atoms with van der Waals surface area (Å²) < 4.78 is 10.5. The minimum absolute atomic E-state index is 0.0762. The molecule has 0 unspecified atom stereocenters. The summed E-state index contributed by atoms with van der Waals surface area (Å²) in [7, 11) is 0. The van der Waals surface area contributed by atoms with Crippen LogP contribution in [0.15, 0.2) is 27.1 Å². The number of aliphatic hydroxyl groups excluding tert-OH is 1. The summed E-state index contributed by atoms with van der Waals surface area (Å²) in [6.45, 7) is 3.40. The Labute approximate surface area is 125 Å². The number of para-hydroxylation sites is 1. The normalized spacial score (nSPS) is 11.0. The topological polar surface area (TPSA) is 101 Å². The summed E-state index contributed by atoms with van der Waals surface area (Å²) in [6.07, 6.45) is 0. The second-order valence-electron chi connectivity index (χ2n) is 4.94. The Morgan fingerprint density at radius 3 is 2.91 bits per heavy atom. The maximum Gasteiger partial charge on any atom is 0.274 e. The van der Waals surface area contributed by atoms with Crippen LogP contribution in [0.1, 0.15) is 33.3 Å². The molecule has 2 aromatic heterocycles. The monoisotopic (exact) mass is 301 g/mol. The number of nitrogens with zero attached hydrogens (tertiary/aromatic N) is 2. The third-order valence-corrected chi connectivity index (χ3v) is 3.42. The molecule has 0 aliphatic rings. The van der Waals surface area contributed by atoms with Gasteiger partial charge < -0.3 is 19.4 Å². The van der Waals surface area contributed by atoms with Crippen molar-refractivity contribution in [3.05, 3.63) is 46.7 Å². The molecule has 2 N–H and O–H groups in total. The van der Waals surface area contributed by atoms with E-state index in [1.54, 1.807) is 6.92 Å². The molecule has 1 aromatic carbocycles. The molecule has 3 rings (SSSR count). The first-order chi connectivity index (χ1) is 10.6. The first kappa shape index (κ1) is 14.3. The van der Waals surface area contributed by atoms with Crippen molar-refractivity contribution in [1.82, 2.24) is 15.5 Å². The van der Waals surface area contributed by atoms with Crippen molar-refractivity contribution in [3.63, 3.8) is 0 Å². The summed E-state index contributed by atoms with van der Waals surface area (Å²) in [5.41, 5.74) is 2.92. The maximum atomic E-state index is 12.1. The van der Waals surface area contributed by atoms with Crippen LogP contribution in [-0.2, 0) is 13.2 Å². The van der Waals surface area contributed by atoms with Gasteiger partial charge in [-0.1, -0.05) is 17.3 Å². The fraction of sp³-hybridized carbons (Fsp3) is 0.267. The molecule has 0 fully saturated rings. The molecule has 3 aromatic rings. The van der Waals surface area contributed by atoms with Crippen molar-refractivity contribution in [2.24, 2.45) is 0 Å². The highest BCUT2D eigenvalue weighted by molar-refractivity contribution is 5.93. The van der Waals surface area contributed by atoms with Gasteiger partial charge in [0.15, 0.2) is 11.3 Å². The number of aryl methyl sites for hydroxylation is 2. The summed E-state index contributed by atoms with van der Waals surface area (Å²) in [4.78, 5) is 16.4. The summed E-state index contributed by atoms with van der Waals surface area (Å²) in [5.74, 6) is 0.383. The van der Waals surface area contributed by atoms with Crippen LogP contribution in [-0.4, -0.2) is 21.2 Å². The van der Waals surface area contributed by atoms with Gasteiger partial charge in [-0.2, -0.15) is 0 Å². The van der Waals surface area contributed by atoms with E-state index in [0.29, 0.717) is 22.8 Å². The predicted molar refractivity (Wildman–Crippen MR) is 77.1 cm³/mol. The molecule has 7 nitrogen and oxygen atoms in total. The number of nitrogens with one attached hydrogen (secondary N) is 1. The van der Waals surface area contributed by atoms with E-state index in [1.165, 1.54) is 0 Å². The maximum absolute atomic E-state index is 12.1. The van der Waals surface area contributed by atoms with Gasteiger partial charge in [0, 0.05) is 0 Å². The Balaban J connectivity index is 1.76. The lowest BCUT2D eigenvalue weighted by molar-refractivity contribution is 0.0935. The van der Waals surface area contributed by atoms with Gasteiger partial charge in [0.25, 0.3) is 5.91 Å². The zero-order valence-electron chi connectivity index (χ0n) is 12.2. The van der Waals surface area contributed by atoms with E-state index in [0.717, 1.165) is 11.1 Å². The molecule has 7 heteroatoms. The average Bonchev–Trinajstić information content (AvgIpc) is 3.08. The SMILES string of the molecule is Cc1onc(C(=O)NCc2nc3c(C)cccc3o2)c1CO. The van der Waals surface area contributed by atoms with E-state index >= 15 is 0 Å². The molecule has 0 spiro atoms. The van der Waals surface area contributed by atoms with Crippen molar-refractivity contribution in [2.75, 3.05) is 0 Å². The van der Waals surface area contributed by atoms with Crippen molar-refractivity contribution in [3.8, 4) is 0 Å². The molecule has 2 heterocycles. The molecule has 1 amide bonds. The van der Waals surface area contributed by atoms with Crippen LogP contribution >= 0.6 is 0 Å². The largest absolute Gasteiger partial charge is 0.439 e. The van der Waals surface area contributed by atoms with Crippen LogP contribution in [0.4, 0.5) is 0 Å². The van der Waals surface area contributed by atoms with Crippen LogP contribution < -0.4 is 5.32 Å². The molecule has 114 valence electrons. The average molecular weight is 301 g/mol. The Morgan fingerprint density at radius 1 is 1.36 bits per heavy atom. The first-order valence-electron chi connectivity index (χ1n) is 6.79. The number of fused-ring (bicyclic) bond motifs is 1. The van der Waals surface area contributed by atoms with E-state index in [-0.39, 0.29) is 18.8 Å². The fourth-order valence-electron chi connectivity index (χ4n) is 2.20. The molecule has 0 radical (unpaired) electrons. The lowest BCUT2D eigenvalue weighted by atomic mass is 10.2. The Morgan fingerprint density at radius 2 is 2.18 bits per heavy atom. The molecule has 0 saturated heterocycles. The van der Waals surface area contributed by atoms with Gasteiger partial charge in [0.05, 0.1) is 18.7 Å². The van der Waals surface area contributed by atoms with Gasteiger partial charge in [-0.05, 0) is 25.5 Å². The van der Waals surface area contributed by atoms with Crippen LogP contribution in [0, 0.1) is 13.8 Å². The molecule has 0 saturated carbocycles. The Bertz CT molecular complexity index is 835. The smallest absolute Gasteiger partial charge is 0.274 e. The van der Waals surface area contributed by atoms with Crippen molar-refractivity contribution in [2.45, 2.75) is 27.0 Å². The number of aromatic nitrogens is 2. The van der Waals surface area contributed by atoms with Crippen molar-refractivity contribution < 1.29 is 18.8 Å². The zero-order valence-corrected chi connectivity index (χ0v) is 12.2. The number of aliphatic hydroxyl groups is 1. The van der Waals surface area contributed by atoms with Crippen molar-refractivity contribution in [1.29, 1.82) is 0 Å². The van der Waals surface area contributed by atoms with E-state index < -0.39 is 5.91 Å². The second kappa shape index (κ2) is 5.61. The molecule has 22 heavy (non-hydrogen) atoms.